The lowest BCUT2D eigenvalue weighted by atomic mass is 10.3. The average Bonchev–Trinajstić information content (AvgIpc) is 3.05. The van der Waals surface area contributed by atoms with E-state index in [-0.39, 0.29) is 18.0 Å². The van der Waals surface area contributed by atoms with Crippen LogP contribution in [0.2, 0.25) is 0 Å². The Morgan fingerprint density at radius 3 is 2.74 bits per heavy atom. The Morgan fingerprint density at radius 2 is 2.00 bits per heavy atom. The molecule has 0 radical (unpaired) electrons. The summed E-state index contributed by atoms with van der Waals surface area (Å²) in [6, 6.07) is 9.36. The van der Waals surface area contributed by atoms with Crippen LogP contribution in [0.3, 0.4) is 0 Å². The van der Waals surface area contributed by atoms with Gasteiger partial charge in [0.15, 0.2) is 0 Å². The highest BCUT2D eigenvalue weighted by Crippen LogP contribution is 2.16. The first kappa shape index (κ1) is 15.4. The van der Waals surface area contributed by atoms with Crippen molar-refractivity contribution in [2.75, 3.05) is 18.4 Å². The Balaban J connectivity index is 1.47. The Kier molecular flexibility index (Phi) is 4.83. The van der Waals surface area contributed by atoms with Gasteiger partial charge in [0.2, 0.25) is 0 Å². The first-order valence-electron chi connectivity index (χ1n) is 7.53. The molecule has 0 spiro atoms. The fourth-order valence-corrected chi connectivity index (χ4v) is 2.48. The van der Waals surface area contributed by atoms with E-state index in [1.807, 2.05) is 12.1 Å². The van der Waals surface area contributed by atoms with Gasteiger partial charge in [-0.15, -0.1) is 0 Å². The molecule has 1 fully saturated rings. The fourth-order valence-electron chi connectivity index (χ4n) is 2.48. The minimum Gasteiger partial charge on any atom is -0.372 e. The molecule has 6 heteroatoms. The van der Waals surface area contributed by atoms with Gasteiger partial charge in [-0.25, -0.2) is 9.18 Å². The zero-order valence-corrected chi connectivity index (χ0v) is 12.6. The van der Waals surface area contributed by atoms with Crippen LogP contribution in [0.15, 0.2) is 48.8 Å². The number of rotatable bonds is 4. The van der Waals surface area contributed by atoms with Crippen LogP contribution in [0.4, 0.5) is 14.9 Å². The molecule has 2 amide bonds. The molecule has 0 bridgehead atoms. The largest absolute Gasteiger partial charge is 0.372 e. The van der Waals surface area contributed by atoms with Crippen LogP contribution < -0.4 is 5.32 Å². The fraction of sp³-hybridized carbons (Fsp3) is 0.294. The van der Waals surface area contributed by atoms with E-state index in [0.29, 0.717) is 25.4 Å². The molecule has 1 N–H and O–H groups in total. The standard InChI is InChI=1S/C17H18FN3O2/c18-14-1-3-15(4-2-14)20-17(22)21-10-7-16(11-21)23-12-13-5-8-19-9-6-13/h1-6,8-9,16H,7,10-12H2,(H,20,22)/t16-/m1/s1. The van der Waals surface area contributed by atoms with Gasteiger partial charge in [0, 0.05) is 31.2 Å². The van der Waals surface area contributed by atoms with Gasteiger partial charge in [0.05, 0.1) is 12.7 Å². The van der Waals surface area contributed by atoms with Crippen molar-refractivity contribution in [3.05, 3.63) is 60.2 Å². The number of nitrogens with zero attached hydrogens (tertiary/aromatic N) is 2. The van der Waals surface area contributed by atoms with Crippen molar-refractivity contribution in [1.82, 2.24) is 9.88 Å². The molecule has 2 heterocycles. The number of carbonyl (C=O) groups excluding carboxylic acids is 1. The van der Waals surface area contributed by atoms with Gasteiger partial charge >= 0.3 is 6.03 Å². The summed E-state index contributed by atoms with van der Waals surface area (Å²) in [4.78, 5) is 17.9. The molecule has 0 saturated carbocycles. The van der Waals surface area contributed by atoms with Gasteiger partial charge in [-0.05, 0) is 48.4 Å². The number of benzene rings is 1. The summed E-state index contributed by atoms with van der Waals surface area (Å²) >= 11 is 0. The Hall–Kier alpha value is -2.47. The predicted molar refractivity (Wildman–Crippen MR) is 84.4 cm³/mol. The number of urea groups is 1. The lowest BCUT2D eigenvalue weighted by molar-refractivity contribution is 0.0490. The molecule has 0 aliphatic carbocycles. The van der Waals surface area contributed by atoms with Crippen LogP contribution in [0.5, 0.6) is 0 Å². The third-order valence-electron chi connectivity index (χ3n) is 3.76. The molecule has 1 aliphatic heterocycles. The molecule has 3 rings (SSSR count). The van der Waals surface area contributed by atoms with E-state index in [1.165, 1.54) is 12.1 Å². The Labute approximate surface area is 134 Å². The van der Waals surface area contributed by atoms with Crippen molar-refractivity contribution in [3.8, 4) is 0 Å². The Bertz CT molecular complexity index is 649. The maximum absolute atomic E-state index is 12.9. The summed E-state index contributed by atoms with van der Waals surface area (Å²) < 4.78 is 18.7. The number of nitrogens with one attached hydrogen (secondary N) is 1. The van der Waals surface area contributed by atoms with Gasteiger partial charge in [-0.2, -0.15) is 0 Å². The third kappa shape index (κ3) is 4.26. The van der Waals surface area contributed by atoms with Crippen LogP contribution >= 0.6 is 0 Å². The summed E-state index contributed by atoms with van der Waals surface area (Å²) in [5.41, 5.74) is 1.65. The summed E-state index contributed by atoms with van der Waals surface area (Å²) in [5, 5.41) is 2.76. The van der Waals surface area contributed by atoms with Gasteiger partial charge in [-0.3, -0.25) is 4.98 Å². The van der Waals surface area contributed by atoms with Crippen LogP contribution in [-0.4, -0.2) is 35.1 Å². The number of hydrogen-bond donors (Lipinski definition) is 1. The molecule has 1 aliphatic rings. The van der Waals surface area contributed by atoms with E-state index in [9.17, 15) is 9.18 Å². The van der Waals surface area contributed by atoms with E-state index in [0.717, 1.165) is 12.0 Å². The molecule has 23 heavy (non-hydrogen) atoms. The molecule has 1 saturated heterocycles. The SMILES string of the molecule is O=C(Nc1ccc(F)cc1)N1CC[C@@H](OCc2ccncc2)C1. The average molecular weight is 315 g/mol. The second-order valence-electron chi connectivity index (χ2n) is 5.46. The van der Waals surface area contributed by atoms with Gasteiger partial charge in [0.25, 0.3) is 0 Å². The van der Waals surface area contributed by atoms with Crippen molar-refractivity contribution >= 4 is 11.7 Å². The van der Waals surface area contributed by atoms with Crippen molar-refractivity contribution in [2.45, 2.75) is 19.1 Å². The number of hydrogen-bond acceptors (Lipinski definition) is 3. The highest BCUT2D eigenvalue weighted by atomic mass is 19.1. The lowest BCUT2D eigenvalue weighted by Crippen LogP contribution is -2.34. The summed E-state index contributed by atoms with van der Waals surface area (Å²) in [6.45, 7) is 1.72. The van der Waals surface area contributed by atoms with Crippen LogP contribution in [-0.2, 0) is 11.3 Å². The molecular weight excluding hydrogens is 297 g/mol. The third-order valence-corrected chi connectivity index (χ3v) is 3.76. The Morgan fingerprint density at radius 1 is 1.26 bits per heavy atom. The molecular formula is C17H18FN3O2. The van der Waals surface area contributed by atoms with Gasteiger partial charge in [0.1, 0.15) is 5.82 Å². The number of pyridine rings is 1. The normalized spacial score (nSPS) is 17.3. The zero-order chi connectivity index (χ0) is 16.1. The summed E-state index contributed by atoms with van der Waals surface area (Å²) in [6.07, 6.45) is 4.30. The highest BCUT2D eigenvalue weighted by Gasteiger charge is 2.26. The smallest absolute Gasteiger partial charge is 0.321 e. The van der Waals surface area contributed by atoms with Crippen LogP contribution in [0.25, 0.3) is 0 Å². The predicted octanol–water partition coefficient (Wildman–Crippen LogP) is 3.04. The van der Waals surface area contributed by atoms with E-state index in [4.69, 9.17) is 4.74 Å². The first-order chi connectivity index (χ1) is 11.2. The van der Waals surface area contributed by atoms with E-state index in [2.05, 4.69) is 10.3 Å². The minimum atomic E-state index is -0.325. The minimum absolute atomic E-state index is 0.0298. The number of likely N-dealkylation sites (tertiary alicyclic amines) is 1. The van der Waals surface area contributed by atoms with Crippen LogP contribution in [0.1, 0.15) is 12.0 Å². The molecule has 1 atom stereocenters. The number of aromatic nitrogens is 1. The monoisotopic (exact) mass is 315 g/mol. The quantitative estimate of drug-likeness (QED) is 0.943. The van der Waals surface area contributed by atoms with Crippen molar-refractivity contribution in [1.29, 1.82) is 0 Å². The maximum Gasteiger partial charge on any atom is 0.321 e. The summed E-state index contributed by atoms with van der Waals surface area (Å²) in [5.74, 6) is -0.325. The van der Waals surface area contributed by atoms with Crippen molar-refractivity contribution in [2.24, 2.45) is 0 Å². The zero-order valence-electron chi connectivity index (χ0n) is 12.6. The van der Waals surface area contributed by atoms with Crippen LogP contribution in [0, 0.1) is 5.82 Å². The number of halogens is 1. The number of carbonyl (C=O) groups is 1. The molecule has 0 unspecified atom stereocenters. The molecule has 5 nitrogen and oxygen atoms in total. The maximum atomic E-state index is 12.9. The second-order valence-corrected chi connectivity index (χ2v) is 5.46. The molecule has 120 valence electrons. The van der Waals surface area contributed by atoms with E-state index in [1.54, 1.807) is 29.4 Å². The summed E-state index contributed by atoms with van der Waals surface area (Å²) in [7, 11) is 0. The molecule has 2 aromatic rings. The number of anilines is 1. The van der Waals surface area contributed by atoms with Gasteiger partial charge < -0.3 is 15.0 Å². The highest BCUT2D eigenvalue weighted by molar-refractivity contribution is 5.89. The topological polar surface area (TPSA) is 54.5 Å². The lowest BCUT2D eigenvalue weighted by Gasteiger charge is -2.17. The first-order valence-corrected chi connectivity index (χ1v) is 7.53. The number of amides is 2. The second kappa shape index (κ2) is 7.19. The van der Waals surface area contributed by atoms with Gasteiger partial charge in [-0.1, -0.05) is 0 Å². The molecule has 1 aromatic heterocycles. The molecule has 1 aromatic carbocycles. The van der Waals surface area contributed by atoms with Crippen molar-refractivity contribution < 1.29 is 13.9 Å². The van der Waals surface area contributed by atoms with E-state index >= 15 is 0 Å². The van der Waals surface area contributed by atoms with E-state index < -0.39 is 0 Å². The number of ether oxygens (including phenoxy) is 1. The van der Waals surface area contributed by atoms with Crippen molar-refractivity contribution in [3.63, 3.8) is 0 Å².